The van der Waals surface area contributed by atoms with Gasteiger partial charge in [0.25, 0.3) is 0 Å². The zero-order valence-electron chi connectivity index (χ0n) is 9.47. The molecule has 2 atom stereocenters. The fourth-order valence-corrected chi connectivity index (χ4v) is 3.44. The molecule has 0 aliphatic rings. The third kappa shape index (κ3) is 3.31. The van der Waals surface area contributed by atoms with E-state index in [1.165, 1.54) is 17.7 Å². The van der Waals surface area contributed by atoms with Gasteiger partial charge < -0.3 is 5.73 Å². The monoisotopic (exact) mass is 267 g/mol. The smallest absolute Gasteiger partial charge is 0.123 e. The molecular weight excluding hydrogens is 253 g/mol. The Kier molecular flexibility index (Phi) is 4.20. The number of rotatable bonds is 4. The van der Waals surface area contributed by atoms with E-state index in [4.69, 9.17) is 5.73 Å². The van der Waals surface area contributed by atoms with Gasteiger partial charge in [-0.3, -0.25) is 0 Å². The highest BCUT2D eigenvalue weighted by molar-refractivity contribution is 7.99. The number of nitrogens with two attached hydrogens (primary N) is 1. The summed E-state index contributed by atoms with van der Waals surface area (Å²) in [6.45, 7) is 2.00. The summed E-state index contributed by atoms with van der Waals surface area (Å²) in [4.78, 5) is 1.04. The lowest BCUT2D eigenvalue weighted by Crippen LogP contribution is -2.22. The Hall–Kier alpha value is -0.840. The first-order valence-electron chi connectivity index (χ1n) is 5.36. The molecule has 0 saturated heterocycles. The average molecular weight is 267 g/mol. The van der Waals surface area contributed by atoms with Crippen LogP contribution in [0.3, 0.4) is 0 Å². The van der Waals surface area contributed by atoms with Crippen molar-refractivity contribution in [2.75, 3.05) is 0 Å². The highest BCUT2D eigenvalue weighted by Crippen LogP contribution is 2.37. The SMILES string of the molecule is CC(N)C(Sc1ccc(F)cc1)c1ccsc1. The van der Waals surface area contributed by atoms with Crippen molar-refractivity contribution in [2.45, 2.75) is 23.1 Å². The first-order valence-corrected chi connectivity index (χ1v) is 7.19. The Balaban J connectivity index is 2.16. The van der Waals surface area contributed by atoms with Crippen molar-refractivity contribution < 1.29 is 4.39 Å². The summed E-state index contributed by atoms with van der Waals surface area (Å²) in [5, 5.41) is 4.38. The maximum absolute atomic E-state index is 12.8. The minimum atomic E-state index is -0.206. The van der Waals surface area contributed by atoms with Crippen molar-refractivity contribution >= 4 is 23.1 Å². The normalized spacial score (nSPS) is 14.5. The third-order valence-electron chi connectivity index (χ3n) is 2.43. The average Bonchev–Trinajstić information content (AvgIpc) is 2.81. The number of benzene rings is 1. The molecule has 1 aromatic carbocycles. The first kappa shape index (κ1) is 12.6. The van der Waals surface area contributed by atoms with Gasteiger partial charge in [-0.1, -0.05) is 0 Å². The molecule has 0 amide bonds. The Morgan fingerprint density at radius 2 is 1.94 bits per heavy atom. The van der Waals surface area contributed by atoms with Crippen molar-refractivity contribution in [3.63, 3.8) is 0 Å². The first-order chi connectivity index (χ1) is 8.16. The summed E-state index contributed by atoms with van der Waals surface area (Å²) in [5.74, 6) is -0.206. The number of thiophene rings is 1. The second-order valence-corrected chi connectivity index (χ2v) is 5.90. The van der Waals surface area contributed by atoms with Gasteiger partial charge in [-0.05, 0) is 53.6 Å². The summed E-state index contributed by atoms with van der Waals surface area (Å²) in [5.41, 5.74) is 7.25. The van der Waals surface area contributed by atoms with Crippen LogP contribution in [0.5, 0.6) is 0 Å². The Bertz CT molecular complexity index is 451. The van der Waals surface area contributed by atoms with E-state index in [0.29, 0.717) is 0 Å². The summed E-state index contributed by atoms with van der Waals surface area (Å²) in [7, 11) is 0. The fourth-order valence-electron chi connectivity index (χ4n) is 1.58. The van der Waals surface area contributed by atoms with Gasteiger partial charge in [-0.15, -0.1) is 11.8 Å². The van der Waals surface area contributed by atoms with Gasteiger partial charge in [-0.2, -0.15) is 11.3 Å². The largest absolute Gasteiger partial charge is 0.327 e. The number of thioether (sulfide) groups is 1. The van der Waals surface area contributed by atoms with E-state index in [0.717, 1.165) is 4.90 Å². The minimum Gasteiger partial charge on any atom is -0.327 e. The molecule has 0 aliphatic heterocycles. The van der Waals surface area contributed by atoms with Crippen molar-refractivity contribution in [3.8, 4) is 0 Å². The number of halogens is 1. The van der Waals surface area contributed by atoms with Crippen LogP contribution in [0.2, 0.25) is 0 Å². The molecule has 4 heteroatoms. The van der Waals surface area contributed by atoms with Crippen LogP contribution in [0, 0.1) is 5.82 Å². The van der Waals surface area contributed by atoms with Crippen molar-refractivity contribution in [3.05, 3.63) is 52.5 Å². The Labute approximate surface area is 109 Å². The predicted molar refractivity (Wildman–Crippen MR) is 73.0 cm³/mol. The van der Waals surface area contributed by atoms with E-state index in [-0.39, 0.29) is 17.1 Å². The lowest BCUT2D eigenvalue weighted by molar-refractivity contribution is 0.626. The Morgan fingerprint density at radius 1 is 1.24 bits per heavy atom. The summed E-state index contributed by atoms with van der Waals surface area (Å²) < 4.78 is 12.8. The van der Waals surface area contributed by atoms with E-state index < -0.39 is 0 Å². The fraction of sp³-hybridized carbons (Fsp3) is 0.231. The van der Waals surface area contributed by atoms with Crippen molar-refractivity contribution in [2.24, 2.45) is 5.73 Å². The van der Waals surface area contributed by atoms with Gasteiger partial charge in [0, 0.05) is 10.9 Å². The van der Waals surface area contributed by atoms with Crippen LogP contribution in [0.15, 0.2) is 46.0 Å². The molecule has 90 valence electrons. The molecule has 17 heavy (non-hydrogen) atoms. The van der Waals surface area contributed by atoms with Crippen LogP contribution >= 0.6 is 23.1 Å². The van der Waals surface area contributed by atoms with Crippen LogP contribution in [-0.2, 0) is 0 Å². The third-order valence-corrected chi connectivity index (χ3v) is 4.63. The topological polar surface area (TPSA) is 26.0 Å². The second kappa shape index (κ2) is 5.67. The minimum absolute atomic E-state index is 0.0552. The van der Waals surface area contributed by atoms with Gasteiger partial charge >= 0.3 is 0 Å². The van der Waals surface area contributed by atoms with Crippen LogP contribution in [0.4, 0.5) is 4.39 Å². The zero-order chi connectivity index (χ0) is 12.3. The van der Waals surface area contributed by atoms with Gasteiger partial charge in [0.1, 0.15) is 5.82 Å². The van der Waals surface area contributed by atoms with Crippen LogP contribution in [0.25, 0.3) is 0 Å². The van der Waals surface area contributed by atoms with E-state index >= 15 is 0 Å². The Morgan fingerprint density at radius 3 is 2.47 bits per heavy atom. The van der Waals surface area contributed by atoms with E-state index in [2.05, 4.69) is 16.8 Å². The highest BCUT2D eigenvalue weighted by Gasteiger charge is 2.18. The molecule has 1 heterocycles. The quantitative estimate of drug-likeness (QED) is 0.845. The molecule has 2 unspecified atom stereocenters. The van der Waals surface area contributed by atoms with Gasteiger partial charge in [0.05, 0.1) is 5.25 Å². The molecule has 0 saturated carbocycles. The molecule has 0 bridgehead atoms. The summed E-state index contributed by atoms with van der Waals surface area (Å²) in [6, 6.07) is 8.70. The van der Waals surface area contributed by atoms with Crippen molar-refractivity contribution in [1.82, 2.24) is 0 Å². The molecule has 0 radical (unpaired) electrons. The maximum Gasteiger partial charge on any atom is 0.123 e. The molecule has 0 aliphatic carbocycles. The molecule has 2 rings (SSSR count). The second-order valence-electron chi connectivity index (χ2n) is 3.91. The lowest BCUT2D eigenvalue weighted by Gasteiger charge is -2.19. The zero-order valence-corrected chi connectivity index (χ0v) is 11.1. The van der Waals surface area contributed by atoms with Gasteiger partial charge in [0.15, 0.2) is 0 Å². The molecule has 0 spiro atoms. The molecule has 0 fully saturated rings. The molecule has 1 aromatic heterocycles. The van der Waals surface area contributed by atoms with E-state index in [1.807, 2.05) is 6.92 Å². The number of hydrogen-bond donors (Lipinski definition) is 1. The summed E-state index contributed by atoms with van der Waals surface area (Å²) in [6.07, 6.45) is 0. The predicted octanol–water partition coefficient (Wildman–Crippen LogP) is 4.07. The molecule has 1 nitrogen and oxygen atoms in total. The molecule has 2 aromatic rings. The van der Waals surface area contributed by atoms with Gasteiger partial charge in [-0.25, -0.2) is 4.39 Å². The maximum atomic E-state index is 12.8. The lowest BCUT2D eigenvalue weighted by atomic mass is 10.1. The summed E-state index contributed by atoms with van der Waals surface area (Å²) >= 11 is 3.35. The standard InChI is InChI=1S/C13H14FNS2/c1-9(15)13(10-6-7-16-8-10)17-12-4-2-11(14)3-5-12/h2-9,13H,15H2,1H3. The molecular formula is C13H14FNS2. The van der Waals surface area contributed by atoms with Gasteiger partial charge in [0.2, 0.25) is 0 Å². The highest BCUT2D eigenvalue weighted by atomic mass is 32.2. The molecule has 2 N–H and O–H groups in total. The van der Waals surface area contributed by atoms with E-state index in [9.17, 15) is 4.39 Å². The van der Waals surface area contributed by atoms with Crippen LogP contribution in [-0.4, -0.2) is 6.04 Å². The van der Waals surface area contributed by atoms with Crippen LogP contribution < -0.4 is 5.73 Å². The number of hydrogen-bond acceptors (Lipinski definition) is 3. The van der Waals surface area contributed by atoms with Crippen LogP contribution in [0.1, 0.15) is 17.7 Å². The van der Waals surface area contributed by atoms with E-state index in [1.54, 1.807) is 35.2 Å². The van der Waals surface area contributed by atoms with Crippen molar-refractivity contribution in [1.29, 1.82) is 0 Å².